The number of rotatable bonds is 5. The van der Waals surface area contributed by atoms with Crippen molar-refractivity contribution in [3.63, 3.8) is 0 Å². The summed E-state index contributed by atoms with van der Waals surface area (Å²) in [5.41, 5.74) is 0. The SMILES string of the molecule is O=C(O)CN(C1CCCC1)S(=O)(=O)c1ccc(Cl)nc1. The number of hydrogen-bond donors (Lipinski definition) is 1. The van der Waals surface area contributed by atoms with Crippen molar-refractivity contribution >= 4 is 27.6 Å². The number of carboxylic acid groups (broad SMARTS) is 1. The zero-order valence-corrected chi connectivity index (χ0v) is 12.3. The Bertz CT molecular complexity index is 582. The summed E-state index contributed by atoms with van der Waals surface area (Å²) in [7, 11) is -3.86. The Balaban J connectivity index is 2.34. The second-order valence-corrected chi connectivity index (χ2v) is 6.98. The molecule has 0 saturated heterocycles. The molecule has 1 heterocycles. The molecular weight excluding hydrogens is 304 g/mol. The van der Waals surface area contributed by atoms with Crippen molar-refractivity contribution in [3.05, 3.63) is 23.5 Å². The predicted octanol–water partition coefficient (Wildman–Crippen LogP) is 1.75. The summed E-state index contributed by atoms with van der Waals surface area (Å²) in [6.45, 7) is -0.532. The maximum absolute atomic E-state index is 12.5. The summed E-state index contributed by atoms with van der Waals surface area (Å²) in [5.74, 6) is -1.16. The van der Waals surface area contributed by atoms with Crippen LogP contribution in [0.4, 0.5) is 0 Å². The monoisotopic (exact) mass is 318 g/mol. The molecule has 1 aliphatic rings. The van der Waals surface area contributed by atoms with E-state index in [0.717, 1.165) is 23.3 Å². The zero-order valence-electron chi connectivity index (χ0n) is 10.7. The molecule has 0 atom stereocenters. The molecular formula is C12H15ClN2O4S. The quantitative estimate of drug-likeness (QED) is 0.836. The van der Waals surface area contributed by atoms with Gasteiger partial charge >= 0.3 is 5.97 Å². The molecule has 0 aliphatic heterocycles. The minimum Gasteiger partial charge on any atom is -0.480 e. The first-order valence-corrected chi connectivity index (χ1v) is 8.08. The van der Waals surface area contributed by atoms with Gasteiger partial charge in [-0.25, -0.2) is 13.4 Å². The molecule has 20 heavy (non-hydrogen) atoms. The third-order valence-electron chi connectivity index (χ3n) is 3.33. The van der Waals surface area contributed by atoms with Crippen molar-refractivity contribution in [2.45, 2.75) is 36.6 Å². The molecule has 0 aromatic carbocycles. The highest BCUT2D eigenvalue weighted by Gasteiger charge is 2.34. The first-order valence-electron chi connectivity index (χ1n) is 6.26. The van der Waals surface area contributed by atoms with Crippen LogP contribution in [0, 0.1) is 0 Å². The van der Waals surface area contributed by atoms with Gasteiger partial charge in [-0.2, -0.15) is 4.31 Å². The van der Waals surface area contributed by atoms with Crippen LogP contribution in [0.25, 0.3) is 0 Å². The number of aromatic nitrogens is 1. The zero-order chi connectivity index (χ0) is 14.8. The van der Waals surface area contributed by atoms with Crippen LogP contribution >= 0.6 is 11.6 Å². The number of pyridine rings is 1. The molecule has 0 spiro atoms. The Morgan fingerprint density at radius 2 is 2.05 bits per heavy atom. The Labute approximate surface area is 122 Å². The summed E-state index contributed by atoms with van der Waals surface area (Å²) in [6.07, 6.45) is 4.35. The Hall–Kier alpha value is -1.18. The maximum Gasteiger partial charge on any atom is 0.318 e. The first-order chi connectivity index (χ1) is 9.41. The topological polar surface area (TPSA) is 87.6 Å². The summed E-state index contributed by atoms with van der Waals surface area (Å²) < 4.78 is 26.2. The molecule has 2 rings (SSSR count). The highest BCUT2D eigenvalue weighted by atomic mass is 35.5. The van der Waals surface area contributed by atoms with E-state index >= 15 is 0 Å². The summed E-state index contributed by atoms with van der Waals surface area (Å²) in [6, 6.07) is 2.46. The molecule has 1 N–H and O–H groups in total. The molecule has 6 nitrogen and oxygen atoms in total. The fraction of sp³-hybridized carbons (Fsp3) is 0.500. The molecule has 1 fully saturated rings. The third-order valence-corrected chi connectivity index (χ3v) is 5.44. The Kier molecular flexibility index (Phi) is 4.62. The van der Waals surface area contributed by atoms with Crippen LogP contribution < -0.4 is 0 Å². The fourth-order valence-corrected chi connectivity index (χ4v) is 4.08. The lowest BCUT2D eigenvalue weighted by molar-refractivity contribution is -0.137. The largest absolute Gasteiger partial charge is 0.480 e. The van der Waals surface area contributed by atoms with Gasteiger partial charge in [0.25, 0.3) is 0 Å². The highest BCUT2D eigenvalue weighted by molar-refractivity contribution is 7.89. The van der Waals surface area contributed by atoms with Gasteiger partial charge in [0.05, 0.1) is 0 Å². The van der Waals surface area contributed by atoms with Crippen LogP contribution in [0.15, 0.2) is 23.2 Å². The number of sulfonamides is 1. The normalized spacial score (nSPS) is 16.7. The van der Waals surface area contributed by atoms with Crippen molar-refractivity contribution < 1.29 is 18.3 Å². The van der Waals surface area contributed by atoms with Gasteiger partial charge in [-0.1, -0.05) is 24.4 Å². The number of nitrogens with zero attached hydrogens (tertiary/aromatic N) is 2. The number of carbonyl (C=O) groups is 1. The van der Waals surface area contributed by atoms with Crippen LogP contribution in [0.3, 0.4) is 0 Å². The molecule has 1 aliphatic carbocycles. The van der Waals surface area contributed by atoms with E-state index in [1.54, 1.807) is 0 Å². The molecule has 110 valence electrons. The lowest BCUT2D eigenvalue weighted by Crippen LogP contribution is -2.42. The van der Waals surface area contributed by atoms with Gasteiger partial charge in [0.15, 0.2) is 0 Å². The summed E-state index contributed by atoms with van der Waals surface area (Å²) in [5, 5.41) is 9.15. The number of carboxylic acids is 1. The van der Waals surface area contributed by atoms with Crippen LogP contribution in [-0.2, 0) is 14.8 Å². The van der Waals surface area contributed by atoms with E-state index in [1.807, 2.05) is 0 Å². The average molecular weight is 319 g/mol. The predicted molar refractivity (Wildman–Crippen MR) is 73.0 cm³/mol. The third kappa shape index (κ3) is 3.28. The molecule has 1 aromatic rings. The van der Waals surface area contributed by atoms with Gasteiger partial charge in [0.1, 0.15) is 16.6 Å². The first kappa shape index (κ1) is 15.2. The second-order valence-electron chi connectivity index (χ2n) is 4.70. The second kappa shape index (κ2) is 6.07. The fourth-order valence-electron chi connectivity index (χ4n) is 2.39. The van der Waals surface area contributed by atoms with E-state index < -0.39 is 22.5 Å². The van der Waals surface area contributed by atoms with E-state index in [2.05, 4.69) is 4.98 Å². The van der Waals surface area contributed by atoms with Gasteiger partial charge in [-0.3, -0.25) is 4.79 Å². The Morgan fingerprint density at radius 3 is 2.55 bits per heavy atom. The summed E-state index contributed by atoms with van der Waals surface area (Å²) >= 11 is 5.64. The average Bonchev–Trinajstić information content (AvgIpc) is 2.89. The van der Waals surface area contributed by atoms with E-state index in [-0.39, 0.29) is 16.1 Å². The van der Waals surface area contributed by atoms with Gasteiger partial charge < -0.3 is 5.11 Å². The van der Waals surface area contributed by atoms with Crippen molar-refractivity contribution in [1.29, 1.82) is 0 Å². The number of hydrogen-bond acceptors (Lipinski definition) is 4. The minimum absolute atomic E-state index is 0.0324. The molecule has 0 unspecified atom stereocenters. The number of halogens is 1. The molecule has 1 saturated carbocycles. The van der Waals surface area contributed by atoms with Crippen molar-refractivity contribution in [2.75, 3.05) is 6.54 Å². The van der Waals surface area contributed by atoms with Crippen LogP contribution in [-0.4, -0.2) is 41.4 Å². The standard InChI is InChI=1S/C12H15ClN2O4S/c13-11-6-5-10(7-14-11)20(18,19)15(8-12(16)17)9-3-1-2-4-9/h5-7,9H,1-4,8H2,(H,16,17). The van der Waals surface area contributed by atoms with Gasteiger partial charge in [-0.15, -0.1) is 0 Å². The van der Waals surface area contributed by atoms with E-state index in [4.69, 9.17) is 16.7 Å². The molecule has 0 radical (unpaired) electrons. The summed E-state index contributed by atoms with van der Waals surface area (Å²) in [4.78, 5) is 14.7. The van der Waals surface area contributed by atoms with Crippen molar-refractivity contribution in [3.8, 4) is 0 Å². The molecule has 8 heteroatoms. The van der Waals surface area contributed by atoms with Gasteiger partial charge in [0, 0.05) is 12.2 Å². The molecule has 0 bridgehead atoms. The van der Waals surface area contributed by atoms with E-state index in [1.165, 1.54) is 12.1 Å². The lowest BCUT2D eigenvalue weighted by Gasteiger charge is -2.26. The van der Waals surface area contributed by atoms with Crippen LogP contribution in [0.5, 0.6) is 0 Å². The maximum atomic E-state index is 12.5. The molecule has 0 amide bonds. The van der Waals surface area contributed by atoms with E-state index in [0.29, 0.717) is 12.8 Å². The number of aliphatic carboxylic acids is 1. The van der Waals surface area contributed by atoms with Gasteiger partial charge in [-0.05, 0) is 25.0 Å². The highest BCUT2D eigenvalue weighted by Crippen LogP contribution is 2.28. The molecule has 1 aromatic heterocycles. The van der Waals surface area contributed by atoms with Crippen LogP contribution in [0.2, 0.25) is 5.15 Å². The van der Waals surface area contributed by atoms with Crippen molar-refractivity contribution in [2.24, 2.45) is 0 Å². The van der Waals surface area contributed by atoms with Gasteiger partial charge in [0.2, 0.25) is 10.0 Å². The van der Waals surface area contributed by atoms with Crippen molar-refractivity contribution in [1.82, 2.24) is 9.29 Å². The smallest absolute Gasteiger partial charge is 0.318 e. The van der Waals surface area contributed by atoms with Crippen LogP contribution in [0.1, 0.15) is 25.7 Å². The van der Waals surface area contributed by atoms with E-state index in [9.17, 15) is 13.2 Å². The Morgan fingerprint density at radius 1 is 1.40 bits per heavy atom. The minimum atomic E-state index is -3.86. The lowest BCUT2D eigenvalue weighted by atomic mass is 10.2.